The summed E-state index contributed by atoms with van der Waals surface area (Å²) in [6.45, 7) is 0. The van der Waals surface area contributed by atoms with Gasteiger partial charge >= 0.3 is 0 Å². The summed E-state index contributed by atoms with van der Waals surface area (Å²) in [4.78, 5) is 1.17. The highest BCUT2D eigenvalue weighted by Crippen LogP contribution is 2.29. The van der Waals surface area contributed by atoms with Gasteiger partial charge in [-0.3, -0.25) is 0 Å². The van der Waals surface area contributed by atoms with E-state index in [-0.39, 0.29) is 0 Å². The minimum absolute atomic E-state index is 0.300. The average molecular weight is 346 g/mol. The largest absolute Gasteiger partial charge is 0.497 e. The first-order valence-electron chi connectivity index (χ1n) is 7.06. The van der Waals surface area contributed by atoms with Crippen LogP contribution in [0.3, 0.4) is 0 Å². The maximum absolute atomic E-state index is 6.06. The lowest BCUT2D eigenvalue weighted by atomic mass is 10.1. The van der Waals surface area contributed by atoms with Gasteiger partial charge in [0.25, 0.3) is 0 Å². The smallest absolute Gasteiger partial charge is 0.119 e. The zero-order chi connectivity index (χ0) is 16.2. The molecular weight excluding hydrogens is 330 g/mol. The molecule has 0 N–H and O–H groups in total. The third-order valence-corrected chi connectivity index (χ3v) is 4.49. The highest BCUT2D eigenvalue weighted by atomic mass is 35.5. The Bertz CT molecular complexity index is 819. The van der Waals surface area contributed by atoms with Gasteiger partial charge in [0, 0.05) is 10.5 Å². The molecule has 23 heavy (non-hydrogen) atoms. The summed E-state index contributed by atoms with van der Waals surface area (Å²) >= 11 is 7.75. The zero-order valence-corrected chi connectivity index (χ0v) is 14.4. The lowest BCUT2D eigenvalue weighted by molar-refractivity contribution is 0.415. The van der Waals surface area contributed by atoms with E-state index in [0.29, 0.717) is 5.88 Å². The second-order valence-electron chi connectivity index (χ2n) is 4.86. The first-order chi connectivity index (χ1) is 11.3. The van der Waals surface area contributed by atoms with Crippen LogP contribution < -0.4 is 4.74 Å². The van der Waals surface area contributed by atoms with Crippen molar-refractivity contribution in [3.63, 3.8) is 0 Å². The Balaban J connectivity index is 2.17. The summed E-state index contributed by atoms with van der Waals surface area (Å²) in [5, 5.41) is 8.53. The summed E-state index contributed by atoms with van der Waals surface area (Å²) in [5.41, 5.74) is 3.56. The van der Waals surface area contributed by atoms with Crippen LogP contribution in [0.1, 0.15) is 5.69 Å². The van der Waals surface area contributed by atoms with Gasteiger partial charge in [0.1, 0.15) is 11.4 Å². The summed E-state index contributed by atoms with van der Waals surface area (Å²) in [5.74, 6) is 1.09. The molecule has 1 heterocycles. The van der Waals surface area contributed by atoms with E-state index in [4.69, 9.17) is 16.3 Å². The molecule has 0 unspecified atom stereocenters. The van der Waals surface area contributed by atoms with Gasteiger partial charge < -0.3 is 4.74 Å². The van der Waals surface area contributed by atoms with Gasteiger partial charge in [0.05, 0.1) is 24.4 Å². The van der Waals surface area contributed by atoms with Crippen molar-refractivity contribution in [2.24, 2.45) is 0 Å². The van der Waals surface area contributed by atoms with Crippen molar-refractivity contribution in [2.75, 3.05) is 13.4 Å². The van der Waals surface area contributed by atoms with E-state index in [1.54, 1.807) is 18.9 Å². The van der Waals surface area contributed by atoms with Gasteiger partial charge in [-0.15, -0.1) is 28.5 Å². The predicted octanol–water partition coefficient (Wildman–Crippen LogP) is 4.40. The highest BCUT2D eigenvalue weighted by molar-refractivity contribution is 7.98. The molecule has 4 nitrogen and oxygen atoms in total. The van der Waals surface area contributed by atoms with Crippen LogP contribution in [0, 0.1) is 0 Å². The number of rotatable bonds is 5. The predicted molar refractivity (Wildman–Crippen MR) is 94.7 cm³/mol. The number of ether oxygens (including phenoxy) is 1. The first-order valence-corrected chi connectivity index (χ1v) is 8.82. The number of alkyl halides is 1. The van der Waals surface area contributed by atoms with E-state index in [2.05, 4.69) is 22.4 Å². The second-order valence-corrected chi connectivity index (χ2v) is 6.01. The van der Waals surface area contributed by atoms with Crippen LogP contribution in [-0.4, -0.2) is 28.4 Å². The van der Waals surface area contributed by atoms with Crippen molar-refractivity contribution >= 4 is 23.4 Å². The molecule has 3 aromatic rings. The highest BCUT2D eigenvalue weighted by Gasteiger charge is 2.16. The minimum Gasteiger partial charge on any atom is -0.497 e. The van der Waals surface area contributed by atoms with Crippen LogP contribution in [0.2, 0.25) is 0 Å². The molecule has 0 spiro atoms. The molecule has 118 valence electrons. The molecular formula is C17H16ClN3OS. The van der Waals surface area contributed by atoms with Crippen molar-refractivity contribution in [3.05, 3.63) is 54.2 Å². The van der Waals surface area contributed by atoms with Gasteiger partial charge in [-0.1, -0.05) is 23.4 Å². The van der Waals surface area contributed by atoms with Crippen LogP contribution in [-0.2, 0) is 5.88 Å². The van der Waals surface area contributed by atoms with Gasteiger partial charge in [0.15, 0.2) is 0 Å². The lowest BCUT2D eigenvalue weighted by Crippen LogP contribution is -2.00. The van der Waals surface area contributed by atoms with E-state index in [1.807, 2.05) is 47.3 Å². The number of thioether (sulfide) groups is 1. The average Bonchev–Trinajstić information content (AvgIpc) is 3.06. The zero-order valence-electron chi connectivity index (χ0n) is 12.9. The topological polar surface area (TPSA) is 39.9 Å². The number of methoxy groups -OCH3 is 1. The number of hydrogen-bond donors (Lipinski definition) is 0. The van der Waals surface area contributed by atoms with Crippen LogP contribution in [0.4, 0.5) is 0 Å². The molecule has 0 radical (unpaired) electrons. The number of hydrogen-bond acceptors (Lipinski definition) is 4. The van der Waals surface area contributed by atoms with Crippen molar-refractivity contribution in [1.29, 1.82) is 0 Å². The Morgan fingerprint density at radius 3 is 2.74 bits per heavy atom. The van der Waals surface area contributed by atoms with E-state index in [1.165, 1.54) is 4.90 Å². The van der Waals surface area contributed by atoms with Gasteiger partial charge in [0.2, 0.25) is 0 Å². The monoisotopic (exact) mass is 345 g/mol. The molecule has 0 amide bonds. The van der Waals surface area contributed by atoms with Gasteiger partial charge in [-0.25, -0.2) is 4.68 Å². The number of benzene rings is 2. The maximum Gasteiger partial charge on any atom is 0.119 e. The standard InChI is InChI=1S/C17H16ClN3OS/c1-22-14-7-3-5-12(9-14)17-16(11-18)19-20-21(17)13-6-4-8-15(10-13)23-2/h3-10H,11H2,1-2H3. The molecule has 0 aliphatic heterocycles. The molecule has 0 saturated carbocycles. The molecule has 2 aromatic carbocycles. The molecule has 0 aliphatic rings. The molecule has 3 rings (SSSR count). The Morgan fingerprint density at radius 1 is 1.17 bits per heavy atom. The van der Waals surface area contributed by atoms with E-state index in [9.17, 15) is 0 Å². The summed E-state index contributed by atoms with van der Waals surface area (Å²) in [6.07, 6.45) is 2.05. The van der Waals surface area contributed by atoms with E-state index in [0.717, 1.165) is 28.4 Å². The van der Waals surface area contributed by atoms with Crippen molar-refractivity contribution < 1.29 is 4.74 Å². The summed E-state index contributed by atoms with van der Waals surface area (Å²) < 4.78 is 7.15. The Hall–Kier alpha value is -1.98. The second kappa shape index (κ2) is 7.06. The Morgan fingerprint density at radius 2 is 2.00 bits per heavy atom. The van der Waals surface area contributed by atoms with E-state index < -0.39 is 0 Å². The Labute approximate surface area is 144 Å². The van der Waals surface area contributed by atoms with Crippen molar-refractivity contribution in [3.8, 4) is 22.7 Å². The number of aromatic nitrogens is 3. The molecule has 6 heteroatoms. The fourth-order valence-electron chi connectivity index (χ4n) is 2.39. The third kappa shape index (κ3) is 3.21. The molecule has 0 bridgehead atoms. The quantitative estimate of drug-likeness (QED) is 0.507. The molecule has 0 aliphatic carbocycles. The van der Waals surface area contributed by atoms with Crippen LogP contribution in [0.5, 0.6) is 5.75 Å². The van der Waals surface area contributed by atoms with Crippen LogP contribution in [0.25, 0.3) is 16.9 Å². The summed E-state index contributed by atoms with van der Waals surface area (Å²) in [7, 11) is 1.65. The molecule has 0 saturated heterocycles. The van der Waals surface area contributed by atoms with Crippen molar-refractivity contribution in [2.45, 2.75) is 10.8 Å². The normalized spacial score (nSPS) is 10.7. The molecule has 0 atom stereocenters. The SMILES string of the molecule is COc1cccc(-c2c(CCl)nnn2-c2cccc(SC)c2)c1. The molecule has 1 aromatic heterocycles. The fourth-order valence-corrected chi connectivity index (χ4v) is 3.02. The van der Waals surface area contributed by atoms with Crippen molar-refractivity contribution in [1.82, 2.24) is 15.0 Å². The van der Waals surface area contributed by atoms with Crippen LogP contribution in [0.15, 0.2) is 53.4 Å². The van der Waals surface area contributed by atoms with Crippen LogP contribution >= 0.6 is 23.4 Å². The van der Waals surface area contributed by atoms with Gasteiger partial charge in [-0.05, 0) is 36.6 Å². The number of nitrogens with zero attached hydrogens (tertiary/aromatic N) is 3. The summed E-state index contributed by atoms with van der Waals surface area (Å²) in [6, 6.07) is 16.0. The van der Waals surface area contributed by atoms with E-state index >= 15 is 0 Å². The lowest BCUT2D eigenvalue weighted by Gasteiger charge is -2.10. The first kappa shape index (κ1) is 15.9. The maximum atomic E-state index is 6.06. The Kier molecular flexibility index (Phi) is 4.88. The molecule has 0 fully saturated rings. The van der Waals surface area contributed by atoms with Gasteiger partial charge in [-0.2, -0.15) is 0 Å². The fraction of sp³-hybridized carbons (Fsp3) is 0.176. The minimum atomic E-state index is 0.300. The number of halogens is 1. The third-order valence-electron chi connectivity index (χ3n) is 3.51.